The summed E-state index contributed by atoms with van der Waals surface area (Å²) in [5.74, 6) is 0.379. The van der Waals surface area contributed by atoms with E-state index in [9.17, 15) is 13.2 Å². The molecule has 0 saturated carbocycles. The van der Waals surface area contributed by atoms with Crippen LogP contribution in [0.2, 0.25) is 0 Å². The number of nitrogens with zero attached hydrogens (tertiary/aromatic N) is 1. The Balaban J connectivity index is 1.96. The van der Waals surface area contributed by atoms with E-state index >= 15 is 0 Å². The van der Waals surface area contributed by atoms with Crippen molar-refractivity contribution in [3.05, 3.63) is 60.2 Å². The highest BCUT2D eigenvalue weighted by atomic mass is 32.2. The van der Waals surface area contributed by atoms with E-state index in [2.05, 4.69) is 5.32 Å². The monoisotopic (exact) mass is 376 g/mol. The molecule has 0 aliphatic carbocycles. The minimum atomic E-state index is -3.60. The first-order valence-electron chi connectivity index (χ1n) is 8.31. The number of carbonyl (C=O) groups is 1. The quantitative estimate of drug-likeness (QED) is 0.718. The van der Waals surface area contributed by atoms with E-state index in [1.165, 1.54) is 0 Å². The highest BCUT2D eigenvalue weighted by molar-refractivity contribution is 7.92. The lowest BCUT2D eigenvalue weighted by Gasteiger charge is -2.28. The predicted octanol–water partition coefficient (Wildman–Crippen LogP) is 2.34. The van der Waals surface area contributed by atoms with Gasteiger partial charge in [0.1, 0.15) is 18.4 Å². The molecule has 26 heavy (non-hydrogen) atoms. The minimum absolute atomic E-state index is 0.282. The van der Waals surface area contributed by atoms with E-state index in [0.29, 0.717) is 12.3 Å². The van der Waals surface area contributed by atoms with Gasteiger partial charge in [0.25, 0.3) is 0 Å². The Hall–Kier alpha value is -2.54. The highest BCUT2D eigenvalue weighted by Crippen LogP contribution is 2.20. The molecule has 7 heteroatoms. The number of ether oxygens (including phenoxy) is 1. The van der Waals surface area contributed by atoms with Gasteiger partial charge in [0, 0.05) is 0 Å². The summed E-state index contributed by atoms with van der Waals surface area (Å²) < 4.78 is 31.1. The van der Waals surface area contributed by atoms with Crippen LogP contribution in [0.1, 0.15) is 12.5 Å². The Bertz CT molecular complexity index is 838. The predicted molar refractivity (Wildman–Crippen MR) is 103 cm³/mol. The number of sulfonamides is 1. The first-order chi connectivity index (χ1) is 12.3. The molecular formula is C19H24N2O4S. The molecule has 0 bridgehead atoms. The SMILES string of the molecule is Cc1ccccc1OCCNC(=O)[C@H](C)N(c1ccccc1)S(C)(=O)=O. The second kappa shape index (κ2) is 8.71. The molecule has 6 nitrogen and oxygen atoms in total. The normalized spacial score (nSPS) is 12.3. The maximum Gasteiger partial charge on any atom is 0.243 e. The van der Waals surface area contributed by atoms with Gasteiger partial charge in [0.15, 0.2) is 0 Å². The Morgan fingerprint density at radius 1 is 1.12 bits per heavy atom. The summed E-state index contributed by atoms with van der Waals surface area (Å²) in [7, 11) is -3.60. The number of benzene rings is 2. The zero-order valence-corrected chi connectivity index (χ0v) is 16.0. The molecule has 0 spiro atoms. The van der Waals surface area contributed by atoms with E-state index in [0.717, 1.165) is 21.9 Å². The molecule has 2 aromatic rings. The molecule has 1 N–H and O–H groups in total. The van der Waals surface area contributed by atoms with Crippen LogP contribution in [0.4, 0.5) is 5.69 Å². The largest absolute Gasteiger partial charge is 0.491 e. The van der Waals surface area contributed by atoms with Crippen molar-refractivity contribution >= 4 is 21.6 Å². The summed E-state index contributed by atoms with van der Waals surface area (Å²) in [6.45, 7) is 4.09. The lowest BCUT2D eigenvalue weighted by atomic mass is 10.2. The van der Waals surface area contributed by atoms with Crippen LogP contribution in [-0.4, -0.2) is 39.8 Å². The molecule has 0 aromatic heterocycles. The van der Waals surface area contributed by atoms with Crippen molar-refractivity contribution in [3.63, 3.8) is 0 Å². The van der Waals surface area contributed by atoms with Crippen LogP contribution in [0.3, 0.4) is 0 Å². The zero-order chi connectivity index (χ0) is 19.2. The third-order valence-corrected chi connectivity index (χ3v) is 5.09. The van der Waals surface area contributed by atoms with Crippen LogP contribution in [0.15, 0.2) is 54.6 Å². The van der Waals surface area contributed by atoms with Crippen LogP contribution in [0, 0.1) is 6.92 Å². The Morgan fingerprint density at radius 2 is 1.73 bits per heavy atom. The van der Waals surface area contributed by atoms with Crippen molar-refractivity contribution < 1.29 is 17.9 Å². The van der Waals surface area contributed by atoms with E-state index in [4.69, 9.17) is 4.74 Å². The van der Waals surface area contributed by atoms with Crippen molar-refractivity contribution in [2.75, 3.05) is 23.7 Å². The van der Waals surface area contributed by atoms with Crippen molar-refractivity contribution in [2.24, 2.45) is 0 Å². The topological polar surface area (TPSA) is 75.7 Å². The summed E-state index contributed by atoms with van der Waals surface area (Å²) in [5, 5.41) is 2.72. The Morgan fingerprint density at radius 3 is 2.35 bits per heavy atom. The number of amides is 1. The second-order valence-electron chi connectivity index (χ2n) is 5.98. The summed E-state index contributed by atoms with van der Waals surface area (Å²) in [5.41, 5.74) is 1.47. The second-order valence-corrected chi connectivity index (χ2v) is 7.83. The van der Waals surface area contributed by atoms with Gasteiger partial charge in [0.05, 0.1) is 18.5 Å². The van der Waals surface area contributed by atoms with E-state index < -0.39 is 16.1 Å². The molecule has 0 radical (unpaired) electrons. The molecule has 0 aliphatic heterocycles. The van der Waals surface area contributed by atoms with Crippen LogP contribution in [-0.2, 0) is 14.8 Å². The lowest BCUT2D eigenvalue weighted by Crippen LogP contribution is -2.48. The van der Waals surface area contributed by atoms with Gasteiger partial charge in [-0.15, -0.1) is 0 Å². The van der Waals surface area contributed by atoms with Gasteiger partial charge in [-0.1, -0.05) is 36.4 Å². The van der Waals surface area contributed by atoms with Crippen LogP contribution in [0.25, 0.3) is 0 Å². The fourth-order valence-corrected chi connectivity index (χ4v) is 3.76. The van der Waals surface area contributed by atoms with Crippen molar-refractivity contribution in [1.29, 1.82) is 0 Å². The van der Waals surface area contributed by atoms with Crippen LogP contribution in [0.5, 0.6) is 5.75 Å². The molecule has 140 valence electrons. The molecule has 1 atom stereocenters. The third-order valence-electron chi connectivity index (χ3n) is 3.85. The number of hydrogen-bond acceptors (Lipinski definition) is 4. The number of nitrogens with one attached hydrogen (secondary N) is 1. The molecule has 0 heterocycles. The summed E-state index contributed by atoms with van der Waals surface area (Å²) in [6, 6.07) is 15.3. The minimum Gasteiger partial charge on any atom is -0.491 e. The van der Waals surface area contributed by atoms with Crippen molar-refractivity contribution in [3.8, 4) is 5.75 Å². The molecule has 2 aromatic carbocycles. The molecule has 1 amide bonds. The van der Waals surface area contributed by atoms with Gasteiger partial charge >= 0.3 is 0 Å². The molecule has 0 aliphatic rings. The number of carbonyl (C=O) groups excluding carboxylic acids is 1. The van der Waals surface area contributed by atoms with E-state index in [-0.39, 0.29) is 12.5 Å². The maximum absolute atomic E-state index is 12.4. The van der Waals surface area contributed by atoms with Gasteiger partial charge in [-0.2, -0.15) is 0 Å². The van der Waals surface area contributed by atoms with Gasteiger partial charge in [0.2, 0.25) is 15.9 Å². The van der Waals surface area contributed by atoms with Crippen LogP contribution < -0.4 is 14.4 Å². The Kier molecular flexibility index (Phi) is 6.63. The fourth-order valence-electron chi connectivity index (χ4n) is 2.59. The van der Waals surface area contributed by atoms with E-state index in [1.807, 2.05) is 31.2 Å². The molecule has 0 saturated heterocycles. The van der Waals surface area contributed by atoms with Gasteiger partial charge in [-0.25, -0.2) is 8.42 Å². The number of aryl methyl sites for hydroxylation is 1. The summed E-state index contributed by atoms with van der Waals surface area (Å²) >= 11 is 0. The number of para-hydroxylation sites is 2. The average molecular weight is 376 g/mol. The lowest BCUT2D eigenvalue weighted by molar-refractivity contribution is -0.121. The summed E-state index contributed by atoms with van der Waals surface area (Å²) in [6.07, 6.45) is 1.09. The molecular weight excluding hydrogens is 352 g/mol. The number of hydrogen-bond donors (Lipinski definition) is 1. The highest BCUT2D eigenvalue weighted by Gasteiger charge is 2.28. The molecule has 2 rings (SSSR count). The number of rotatable bonds is 8. The summed E-state index contributed by atoms with van der Waals surface area (Å²) in [4.78, 5) is 12.4. The Labute approximate surface area is 154 Å². The fraction of sp³-hybridized carbons (Fsp3) is 0.316. The molecule has 0 fully saturated rings. The standard InChI is InChI=1S/C19H24N2O4S/c1-15-9-7-8-12-18(15)25-14-13-20-19(22)16(2)21(26(3,23)24)17-10-5-4-6-11-17/h4-12,16H,13-14H2,1-3H3,(H,20,22)/t16-/m0/s1. The first-order valence-corrected chi connectivity index (χ1v) is 10.2. The third kappa shape index (κ3) is 5.23. The van der Waals surface area contributed by atoms with Gasteiger partial charge < -0.3 is 10.1 Å². The van der Waals surface area contributed by atoms with Gasteiger partial charge in [-0.05, 0) is 37.6 Å². The smallest absolute Gasteiger partial charge is 0.243 e. The van der Waals surface area contributed by atoms with E-state index in [1.54, 1.807) is 37.3 Å². The van der Waals surface area contributed by atoms with Crippen molar-refractivity contribution in [2.45, 2.75) is 19.9 Å². The van der Waals surface area contributed by atoms with Crippen LogP contribution >= 0.6 is 0 Å². The molecule has 0 unspecified atom stereocenters. The zero-order valence-electron chi connectivity index (χ0n) is 15.2. The maximum atomic E-state index is 12.4. The number of anilines is 1. The first kappa shape index (κ1) is 19.8. The average Bonchev–Trinajstić information content (AvgIpc) is 2.59. The van der Waals surface area contributed by atoms with Crippen molar-refractivity contribution in [1.82, 2.24) is 5.32 Å². The van der Waals surface area contributed by atoms with Gasteiger partial charge in [-0.3, -0.25) is 9.10 Å².